The molecule has 0 spiro atoms. The summed E-state index contributed by atoms with van der Waals surface area (Å²) in [5, 5.41) is 9.33. The van der Waals surface area contributed by atoms with Gasteiger partial charge < -0.3 is 20.1 Å². The predicted molar refractivity (Wildman–Crippen MR) is 169 cm³/mol. The number of carbonyl (C=O) groups excluding carboxylic acids is 2. The van der Waals surface area contributed by atoms with Gasteiger partial charge in [0.05, 0.1) is 11.5 Å². The lowest BCUT2D eigenvalue weighted by atomic mass is 9.77. The van der Waals surface area contributed by atoms with Gasteiger partial charge in [-0.2, -0.15) is 0 Å². The summed E-state index contributed by atoms with van der Waals surface area (Å²) in [6, 6.07) is 12.4. The van der Waals surface area contributed by atoms with Crippen molar-refractivity contribution < 1.29 is 19.1 Å². The zero-order chi connectivity index (χ0) is 30.5. The molecule has 230 valence electrons. The van der Waals surface area contributed by atoms with E-state index in [1.165, 1.54) is 5.56 Å². The van der Waals surface area contributed by atoms with Crippen molar-refractivity contribution >= 4 is 22.7 Å². The maximum absolute atomic E-state index is 13.7. The maximum Gasteiger partial charge on any atom is 0.339 e. The number of rotatable bonds is 5. The fraction of sp³-hybridized carbons (Fsp3) is 0.667. The van der Waals surface area contributed by atoms with Crippen LogP contribution in [-0.2, 0) is 14.3 Å². The lowest BCUT2D eigenvalue weighted by molar-refractivity contribution is -0.159. The normalized spacial score (nSPS) is 27.3. The number of hydrogen-bond donors (Lipinski definition) is 2. The highest BCUT2D eigenvalue weighted by molar-refractivity contribution is 6.05. The fourth-order valence-corrected chi connectivity index (χ4v) is 8.50. The van der Waals surface area contributed by atoms with Gasteiger partial charge in [-0.3, -0.25) is 4.79 Å². The molecule has 1 saturated carbocycles. The summed E-state index contributed by atoms with van der Waals surface area (Å²) in [5.41, 5.74) is 1.50. The molecule has 3 aliphatic rings. The second kappa shape index (κ2) is 11.2. The predicted octanol–water partition coefficient (Wildman–Crippen LogP) is 7.43. The molecule has 42 heavy (non-hydrogen) atoms. The highest BCUT2D eigenvalue weighted by Crippen LogP contribution is 2.40. The number of nitrogens with one attached hydrogen (secondary N) is 2. The number of carbonyl (C=O) groups is 2. The molecule has 2 N–H and O–H groups in total. The molecule has 5 rings (SSSR count). The van der Waals surface area contributed by atoms with Gasteiger partial charge in [-0.05, 0) is 109 Å². The van der Waals surface area contributed by atoms with E-state index < -0.39 is 0 Å². The fourth-order valence-electron chi connectivity index (χ4n) is 8.50. The summed E-state index contributed by atoms with van der Waals surface area (Å²) < 4.78 is 12.3. The van der Waals surface area contributed by atoms with Crippen molar-refractivity contribution in [3.05, 3.63) is 47.5 Å². The van der Waals surface area contributed by atoms with Gasteiger partial charge in [0.1, 0.15) is 12.2 Å². The Labute approximate surface area is 252 Å². The number of ether oxygens (including phenoxy) is 2. The van der Waals surface area contributed by atoms with Gasteiger partial charge in [0.2, 0.25) is 0 Å². The van der Waals surface area contributed by atoms with Gasteiger partial charge >= 0.3 is 11.9 Å². The second-order valence-electron chi connectivity index (χ2n) is 16.0. The Morgan fingerprint density at radius 3 is 1.74 bits per heavy atom. The first-order valence-corrected chi connectivity index (χ1v) is 16.0. The minimum absolute atomic E-state index is 0.0393. The number of fused-ring (bicyclic) bond motifs is 1. The van der Waals surface area contributed by atoms with E-state index in [4.69, 9.17) is 9.47 Å². The summed E-state index contributed by atoms with van der Waals surface area (Å²) in [5.74, 6) is -0.0308. The quantitative estimate of drug-likeness (QED) is 0.361. The summed E-state index contributed by atoms with van der Waals surface area (Å²) in [6.07, 6.45) is 6.49. The molecular formula is C36H52N2O4. The summed E-state index contributed by atoms with van der Waals surface area (Å²) in [6.45, 7) is 17.4. The lowest BCUT2D eigenvalue weighted by Crippen LogP contribution is -2.59. The Hall–Kier alpha value is -2.44. The van der Waals surface area contributed by atoms with Crippen LogP contribution in [0.4, 0.5) is 0 Å². The molecule has 3 fully saturated rings. The highest BCUT2D eigenvalue weighted by Gasteiger charge is 2.41. The molecule has 6 nitrogen and oxygen atoms in total. The van der Waals surface area contributed by atoms with Crippen LogP contribution in [0.3, 0.4) is 0 Å². The van der Waals surface area contributed by atoms with Crippen molar-refractivity contribution in [2.75, 3.05) is 0 Å². The van der Waals surface area contributed by atoms with Crippen LogP contribution >= 0.6 is 0 Å². The van der Waals surface area contributed by atoms with Crippen LogP contribution < -0.4 is 10.6 Å². The Bertz CT molecular complexity index is 1290. The molecule has 0 radical (unpaired) electrons. The van der Waals surface area contributed by atoms with Gasteiger partial charge in [-0.25, -0.2) is 4.79 Å². The molecule has 1 aliphatic carbocycles. The number of piperidine rings is 2. The van der Waals surface area contributed by atoms with Gasteiger partial charge in [0, 0.05) is 47.8 Å². The van der Waals surface area contributed by atoms with Gasteiger partial charge in [-0.15, -0.1) is 0 Å². The first-order valence-electron chi connectivity index (χ1n) is 16.0. The zero-order valence-electron chi connectivity index (χ0n) is 27.1. The molecule has 2 aromatic carbocycles. The minimum Gasteiger partial charge on any atom is -0.462 e. The van der Waals surface area contributed by atoms with Crippen molar-refractivity contribution in [3.8, 4) is 0 Å². The third-order valence-electron chi connectivity index (χ3n) is 9.50. The van der Waals surface area contributed by atoms with Crippen molar-refractivity contribution in [1.82, 2.24) is 10.6 Å². The van der Waals surface area contributed by atoms with E-state index in [0.29, 0.717) is 11.5 Å². The average Bonchev–Trinajstić information content (AvgIpc) is 2.84. The molecule has 0 atom stereocenters. The lowest BCUT2D eigenvalue weighted by Gasteiger charge is -2.46. The van der Waals surface area contributed by atoms with Crippen LogP contribution in [0.1, 0.15) is 129 Å². The highest BCUT2D eigenvalue weighted by atomic mass is 16.5. The van der Waals surface area contributed by atoms with Crippen LogP contribution in [0.15, 0.2) is 36.4 Å². The van der Waals surface area contributed by atoms with E-state index in [1.54, 1.807) is 0 Å². The molecule has 2 aromatic rings. The van der Waals surface area contributed by atoms with Crippen LogP contribution in [0.5, 0.6) is 0 Å². The number of benzene rings is 2. The van der Waals surface area contributed by atoms with Crippen LogP contribution in [0.2, 0.25) is 0 Å². The third-order valence-corrected chi connectivity index (χ3v) is 9.50. The Kier molecular flexibility index (Phi) is 8.30. The molecule has 2 saturated heterocycles. The van der Waals surface area contributed by atoms with E-state index in [1.807, 2.05) is 18.2 Å². The van der Waals surface area contributed by atoms with Crippen molar-refractivity contribution in [2.45, 2.75) is 147 Å². The van der Waals surface area contributed by atoms with E-state index in [0.717, 1.165) is 62.1 Å². The zero-order valence-corrected chi connectivity index (χ0v) is 27.1. The molecule has 0 aromatic heterocycles. The minimum atomic E-state index is -0.239. The van der Waals surface area contributed by atoms with E-state index in [-0.39, 0.29) is 52.2 Å². The largest absolute Gasteiger partial charge is 0.462 e. The third kappa shape index (κ3) is 7.37. The monoisotopic (exact) mass is 576 g/mol. The topological polar surface area (TPSA) is 76.7 Å². The Morgan fingerprint density at radius 1 is 0.690 bits per heavy atom. The van der Waals surface area contributed by atoms with E-state index in [2.05, 4.69) is 84.2 Å². The standard InChI is InChI=1S/C36H52N2O4/c1-33(2)19-27(20-34(3,4)37-33)41-31(39)24-15-13-23(14-16-24)26-17-25-11-9-10-12-29(25)30(18-26)32(40)42-28-21-35(5,6)38-36(7,8)22-28/h9-12,17-18,23-24,27-28,37-38H,13-16,19-22H2,1-8H3. The second-order valence-corrected chi connectivity index (χ2v) is 16.0. The first kappa shape index (κ1) is 31.0. The van der Waals surface area contributed by atoms with Crippen LogP contribution in [0.25, 0.3) is 10.8 Å². The van der Waals surface area contributed by atoms with E-state index in [9.17, 15) is 9.59 Å². The summed E-state index contributed by atoms with van der Waals surface area (Å²) in [7, 11) is 0. The Balaban J connectivity index is 1.27. The molecule has 0 unspecified atom stereocenters. The number of hydrogen-bond acceptors (Lipinski definition) is 6. The SMILES string of the molecule is CC1(C)CC(OC(=O)c2cc(C3CCC(C(=O)OC4CC(C)(C)NC(C)(C)C4)CC3)cc3ccccc23)CC(C)(C)N1. The van der Waals surface area contributed by atoms with Crippen molar-refractivity contribution in [2.24, 2.45) is 5.92 Å². The van der Waals surface area contributed by atoms with Gasteiger partial charge in [0.15, 0.2) is 0 Å². The summed E-state index contributed by atoms with van der Waals surface area (Å²) in [4.78, 5) is 26.9. The smallest absolute Gasteiger partial charge is 0.339 e. The van der Waals surface area contributed by atoms with Gasteiger partial charge in [-0.1, -0.05) is 30.3 Å². The molecular weight excluding hydrogens is 524 g/mol. The van der Waals surface area contributed by atoms with E-state index >= 15 is 0 Å². The molecule has 2 aliphatic heterocycles. The Morgan fingerprint density at radius 2 is 1.19 bits per heavy atom. The number of esters is 2. The first-order chi connectivity index (χ1) is 19.5. The van der Waals surface area contributed by atoms with Crippen molar-refractivity contribution in [1.29, 1.82) is 0 Å². The van der Waals surface area contributed by atoms with Crippen molar-refractivity contribution in [3.63, 3.8) is 0 Å². The van der Waals surface area contributed by atoms with Crippen LogP contribution in [0, 0.1) is 5.92 Å². The maximum atomic E-state index is 13.7. The summed E-state index contributed by atoms with van der Waals surface area (Å²) >= 11 is 0. The van der Waals surface area contributed by atoms with Crippen LogP contribution in [-0.4, -0.2) is 46.3 Å². The molecule has 0 amide bonds. The molecule has 2 heterocycles. The molecule has 6 heteroatoms. The van der Waals surface area contributed by atoms with Gasteiger partial charge in [0.25, 0.3) is 0 Å². The average molecular weight is 577 g/mol. The molecule has 0 bridgehead atoms.